The Morgan fingerprint density at radius 1 is 1.38 bits per heavy atom. The molecule has 0 radical (unpaired) electrons. The normalized spacial score (nSPS) is 10.2. The molecule has 0 unspecified atom stereocenters. The second-order valence-electron chi connectivity index (χ2n) is 1.52. The number of aliphatic hydroxyl groups excluding tert-OH is 1. The van der Waals surface area contributed by atoms with Crippen LogP contribution in [0.25, 0.3) is 0 Å². The fourth-order valence-corrected chi connectivity index (χ4v) is 0.529. The van der Waals surface area contributed by atoms with Crippen molar-refractivity contribution < 1.29 is 5.11 Å². The highest BCUT2D eigenvalue weighted by Gasteiger charge is 1.85. The lowest BCUT2D eigenvalue weighted by atomic mass is 10.5. The predicted molar refractivity (Wildman–Crippen MR) is 34.7 cm³/mol. The lowest BCUT2D eigenvalue weighted by Gasteiger charge is -2.12. The van der Waals surface area contributed by atoms with Crippen LogP contribution in [0.2, 0.25) is 0 Å². The van der Waals surface area contributed by atoms with E-state index in [2.05, 4.69) is 0 Å². The number of aliphatic hydroxyl groups is 1. The molecule has 0 fully saturated rings. The zero-order valence-electron chi connectivity index (χ0n) is 5.46. The molecule has 0 heterocycles. The summed E-state index contributed by atoms with van der Waals surface area (Å²) in [5, 5.41) is 8.28. The monoisotopic (exact) mass is 115 g/mol. The zero-order valence-corrected chi connectivity index (χ0v) is 5.46. The van der Waals surface area contributed by atoms with Crippen LogP contribution in [-0.4, -0.2) is 23.1 Å². The van der Waals surface area contributed by atoms with Crippen molar-refractivity contribution in [2.45, 2.75) is 13.8 Å². The highest BCUT2D eigenvalue weighted by Crippen LogP contribution is 1.84. The van der Waals surface area contributed by atoms with Gasteiger partial charge in [0.15, 0.2) is 0 Å². The molecule has 0 aromatic carbocycles. The molecule has 0 spiro atoms. The first kappa shape index (κ1) is 7.34. The second-order valence-corrected chi connectivity index (χ2v) is 1.52. The molecule has 0 saturated carbocycles. The molecule has 8 heavy (non-hydrogen) atoms. The summed E-state index contributed by atoms with van der Waals surface area (Å²) in [5.74, 6) is 0. The standard InChI is InChI=1S/C6H13NO/c1-3-7(4-2)5-6-8/h5-6,8H,3-4H2,1-2H3. The van der Waals surface area contributed by atoms with Gasteiger partial charge in [0.25, 0.3) is 0 Å². The second kappa shape index (κ2) is 4.50. The van der Waals surface area contributed by atoms with Gasteiger partial charge in [0.05, 0.1) is 6.26 Å². The molecule has 0 aliphatic carbocycles. The molecule has 0 aliphatic rings. The molecule has 2 heteroatoms. The van der Waals surface area contributed by atoms with Crippen molar-refractivity contribution in [1.82, 2.24) is 4.90 Å². The van der Waals surface area contributed by atoms with Crippen molar-refractivity contribution in [1.29, 1.82) is 0 Å². The molecule has 1 N–H and O–H groups in total. The van der Waals surface area contributed by atoms with Gasteiger partial charge in [-0.05, 0) is 13.8 Å². The third kappa shape index (κ3) is 2.50. The SMILES string of the molecule is CCN(C=CO)CC. The van der Waals surface area contributed by atoms with Gasteiger partial charge >= 0.3 is 0 Å². The fraction of sp³-hybridized carbons (Fsp3) is 0.667. The van der Waals surface area contributed by atoms with E-state index in [-0.39, 0.29) is 0 Å². The van der Waals surface area contributed by atoms with Crippen LogP contribution in [0.15, 0.2) is 12.5 Å². The summed E-state index contributed by atoms with van der Waals surface area (Å²) in [6.45, 7) is 5.99. The lowest BCUT2D eigenvalue weighted by Crippen LogP contribution is -2.14. The van der Waals surface area contributed by atoms with Gasteiger partial charge in [-0.2, -0.15) is 0 Å². The molecule has 0 saturated heterocycles. The molecule has 0 atom stereocenters. The molecule has 2 nitrogen and oxygen atoms in total. The van der Waals surface area contributed by atoms with E-state index in [0.29, 0.717) is 0 Å². The first-order valence-corrected chi connectivity index (χ1v) is 2.90. The van der Waals surface area contributed by atoms with E-state index >= 15 is 0 Å². The summed E-state index contributed by atoms with van der Waals surface area (Å²) in [7, 11) is 0. The summed E-state index contributed by atoms with van der Waals surface area (Å²) >= 11 is 0. The van der Waals surface area contributed by atoms with Crippen molar-refractivity contribution in [2.24, 2.45) is 0 Å². The van der Waals surface area contributed by atoms with E-state index in [9.17, 15) is 0 Å². The van der Waals surface area contributed by atoms with Gasteiger partial charge in [-0.15, -0.1) is 0 Å². The Bertz CT molecular complexity index is 66.9. The van der Waals surface area contributed by atoms with Gasteiger partial charge in [0, 0.05) is 19.3 Å². The maximum Gasteiger partial charge on any atom is 0.0950 e. The average molecular weight is 115 g/mol. The van der Waals surface area contributed by atoms with Gasteiger partial charge in [-0.1, -0.05) is 0 Å². The Hall–Kier alpha value is -0.660. The van der Waals surface area contributed by atoms with Crippen molar-refractivity contribution >= 4 is 0 Å². The molecule has 0 aromatic heterocycles. The van der Waals surface area contributed by atoms with Crippen molar-refractivity contribution in [3.8, 4) is 0 Å². The van der Waals surface area contributed by atoms with E-state index in [0.717, 1.165) is 19.4 Å². The topological polar surface area (TPSA) is 23.5 Å². The molecule has 0 rings (SSSR count). The van der Waals surface area contributed by atoms with Gasteiger partial charge < -0.3 is 10.0 Å². The van der Waals surface area contributed by atoms with Crippen LogP contribution >= 0.6 is 0 Å². The van der Waals surface area contributed by atoms with E-state index in [1.165, 1.54) is 0 Å². The van der Waals surface area contributed by atoms with E-state index in [1.54, 1.807) is 6.20 Å². The fourth-order valence-electron chi connectivity index (χ4n) is 0.529. The van der Waals surface area contributed by atoms with Crippen LogP contribution in [0, 0.1) is 0 Å². The summed E-state index contributed by atoms with van der Waals surface area (Å²) in [6, 6.07) is 0. The predicted octanol–water partition coefficient (Wildman–Crippen LogP) is 1.36. The van der Waals surface area contributed by atoms with Crippen LogP contribution in [0.3, 0.4) is 0 Å². The van der Waals surface area contributed by atoms with Crippen molar-refractivity contribution in [3.05, 3.63) is 12.5 Å². The minimum atomic E-state index is 0.952. The van der Waals surface area contributed by atoms with Gasteiger partial charge in [0.1, 0.15) is 0 Å². The number of hydrogen-bond acceptors (Lipinski definition) is 2. The summed E-state index contributed by atoms with van der Waals surface area (Å²) < 4.78 is 0. The zero-order chi connectivity index (χ0) is 6.41. The highest BCUT2D eigenvalue weighted by molar-refractivity contribution is 4.71. The minimum absolute atomic E-state index is 0.952. The smallest absolute Gasteiger partial charge is 0.0950 e. The minimum Gasteiger partial charge on any atom is -0.514 e. The van der Waals surface area contributed by atoms with Gasteiger partial charge in [0.2, 0.25) is 0 Å². The van der Waals surface area contributed by atoms with Crippen LogP contribution in [-0.2, 0) is 0 Å². The third-order valence-electron chi connectivity index (χ3n) is 1.09. The maximum atomic E-state index is 8.28. The summed E-state index contributed by atoms with van der Waals surface area (Å²) in [5.41, 5.74) is 0. The van der Waals surface area contributed by atoms with Gasteiger partial charge in [-0.3, -0.25) is 0 Å². The van der Waals surface area contributed by atoms with E-state index in [4.69, 9.17) is 5.11 Å². The van der Waals surface area contributed by atoms with Crippen LogP contribution in [0.4, 0.5) is 0 Å². The van der Waals surface area contributed by atoms with Gasteiger partial charge in [-0.25, -0.2) is 0 Å². The van der Waals surface area contributed by atoms with Crippen molar-refractivity contribution in [2.75, 3.05) is 13.1 Å². The highest BCUT2D eigenvalue weighted by atomic mass is 16.2. The Morgan fingerprint density at radius 2 is 1.88 bits per heavy atom. The Labute approximate surface area is 50.4 Å². The summed E-state index contributed by atoms with van der Waals surface area (Å²) in [6.07, 6.45) is 2.73. The van der Waals surface area contributed by atoms with Crippen LogP contribution < -0.4 is 0 Å². The van der Waals surface area contributed by atoms with Crippen LogP contribution in [0.1, 0.15) is 13.8 Å². The van der Waals surface area contributed by atoms with E-state index < -0.39 is 0 Å². The Balaban J connectivity index is 3.36. The molecule has 0 aromatic rings. The number of hydrogen-bond donors (Lipinski definition) is 1. The first-order chi connectivity index (χ1) is 3.85. The van der Waals surface area contributed by atoms with Crippen molar-refractivity contribution in [3.63, 3.8) is 0 Å². The number of rotatable bonds is 3. The average Bonchev–Trinajstić information content (AvgIpc) is 1.83. The first-order valence-electron chi connectivity index (χ1n) is 2.90. The maximum absolute atomic E-state index is 8.28. The summed E-state index contributed by atoms with van der Waals surface area (Å²) in [4.78, 5) is 2.00. The molecule has 0 bridgehead atoms. The third-order valence-corrected chi connectivity index (χ3v) is 1.09. The largest absolute Gasteiger partial charge is 0.514 e. The van der Waals surface area contributed by atoms with Crippen LogP contribution in [0.5, 0.6) is 0 Å². The van der Waals surface area contributed by atoms with E-state index in [1.807, 2.05) is 18.7 Å². The molecule has 0 aliphatic heterocycles. The Kier molecular flexibility index (Phi) is 4.13. The molecular formula is C6H13NO. The molecule has 48 valence electrons. The quantitative estimate of drug-likeness (QED) is 0.561. The molecular weight excluding hydrogens is 102 g/mol. The number of nitrogens with zero attached hydrogens (tertiary/aromatic N) is 1. The lowest BCUT2D eigenvalue weighted by molar-refractivity contribution is 0.388. The Morgan fingerprint density at radius 3 is 2.00 bits per heavy atom. The molecule has 0 amide bonds.